The van der Waals surface area contributed by atoms with Crippen LogP contribution in [0.15, 0.2) is 60.7 Å². The Bertz CT molecular complexity index is 819. The maximum Gasteiger partial charge on any atom is 0.0975 e. The number of aromatic amines is 1. The zero-order valence-electron chi connectivity index (χ0n) is 13.3. The van der Waals surface area contributed by atoms with Gasteiger partial charge in [-0.05, 0) is 54.8 Å². The summed E-state index contributed by atoms with van der Waals surface area (Å²) < 4.78 is 0. The summed E-state index contributed by atoms with van der Waals surface area (Å²) in [5.41, 5.74) is 6.26. The predicted octanol–water partition coefficient (Wildman–Crippen LogP) is 4.44. The standard InChI is InChI=1S/C20H20N2O/c1-14-8-9-17(12-15(14)2)19-13-18(21-22-19)10-11-20(23)16-6-4-3-5-7-16/h3-13,20,23H,1-2H3,(H,21,22). The fourth-order valence-electron chi connectivity index (χ4n) is 2.43. The van der Waals surface area contributed by atoms with Gasteiger partial charge in [0.25, 0.3) is 0 Å². The summed E-state index contributed by atoms with van der Waals surface area (Å²) in [5.74, 6) is 0. The molecule has 3 aromatic rings. The number of rotatable bonds is 4. The fourth-order valence-corrected chi connectivity index (χ4v) is 2.43. The number of hydrogen-bond donors (Lipinski definition) is 2. The van der Waals surface area contributed by atoms with Crippen LogP contribution in [0.5, 0.6) is 0 Å². The predicted molar refractivity (Wildman–Crippen MR) is 93.9 cm³/mol. The third kappa shape index (κ3) is 3.58. The first-order chi connectivity index (χ1) is 11.1. The molecule has 2 aromatic carbocycles. The smallest absolute Gasteiger partial charge is 0.0975 e. The highest BCUT2D eigenvalue weighted by atomic mass is 16.3. The van der Waals surface area contributed by atoms with Gasteiger partial charge in [-0.3, -0.25) is 5.10 Å². The average Bonchev–Trinajstić information content (AvgIpc) is 3.05. The molecule has 1 atom stereocenters. The minimum atomic E-state index is -0.621. The number of aryl methyl sites for hydroxylation is 2. The topological polar surface area (TPSA) is 48.9 Å². The fraction of sp³-hybridized carbons (Fsp3) is 0.150. The summed E-state index contributed by atoms with van der Waals surface area (Å²) >= 11 is 0. The lowest BCUT2D eigenvalue weighted by atomic mass is 10.0. The van der Waals surface area contributed by atoms with E-state index in [0.29, 0.717) is 0 Å². The molecule has 116 valence electrons. The Balaban J connectivity index is 1.77. The van der Waals surface area contributed by atoms with E-state index in [4.69, 9.17) is 0 Å². The van der Waals surface area contributed by atoms with Crippen molar-refractivity contribution in [2.24, 2.45) is 0 Å². The average molecular weight is 304 g/mol. The molecule has 0 aliphatic carbocycles. The van der Waals surface area contributed by atoms with E-state index in [-0.39, 0.29) is 0 Å². The van der Waals surface area contributed by atoms with Crippen LogP contribution < -0.4 is 0 Å². The molecule has 0 spiro atoms. The Labute approximate surface area is 136 Å². The Morgan fingerprint density at radius 1 is 1.00 bits per heavy atom. The number of nitrogens with one attached hydrogen (secondary N) is 1. The summed E-state index contributed by atoms with van der Waals surface area (Å²) in [7, 11) is 0. The van der Waals surface area contributed by atoms with Gasteiger partial charge in [-0.25, -0.2) is 0 Å². The maximum atomic E-state index is 10.2. The van der Waals surface area contributed by atoms with Crippen molar-refractivity contribution in [2.45, 2.75) is 20.0 Å². The van der Waals surface area contributed by atoms with E-state index >= 15 is 0 Å². The highest BCUT2D eigenvalue weighted by Gasteiger charge is 2.05. The maximum absolute atomic E-state index is 10.2. The quantitative estimate of drug-likeness (QED) is 0.748. The Hall–Kier alpha value is -2.65. The SMILES string of the molecule is Cc1ccc(-c2cc(C=CC(O)c3ccccc3)[nH]n2)cc1C. The summed E-state index contributed by atoms with van der Waals surface area (Å²) in [5, 5.41) is 17.5. The van der Waals surface area contributed by atoms with Crippen LogP contribution in [-0.2, 0) is 0 Å². The van der Waals surface area contributed by atoms with E-state index in [9.17, 15) is 5.11 Å². The second-order valence-corrected chi connectivity index (χ2v) is 5.72. The minimum Gasteiger partial charge on any atom is -0.384 e. The largest absolute Gasteiger partial charge is 0.384 e. The van der Waals surface area contributed by atoms with Gasteiger partial charge in [0.15, 0.2) is 0 Å². The van der Waals surface area contributed by atoms with Crippen molar-refractivity contribution in [3.05, 3.63) is 83.1 Å². The molecular weight excluding hydrogens is 284 g/mol. The van der Waals surface area contributed by atoms with Gasteiger partial charge in [0.1, 0.15) is 0 Å². The van der Waals surface area contributed by atoms with Crippen molar-refractivity contribution >= 4 is 6.08 Å². The van der Waals surface area contributed by atoms with E-state index in [1.54, 1.807) is 6.08 Å². The molecule has 0 saturated carbocycles. The molecule has 0 amide bonds. The van der Waals surface area contributed by atoms with Crippen molar-refractivity contribution in [3.8, 4) is 11.3 Å². The monoisotopic (exact) mass is 304 g/mol. The first-order valence-electron chi connectivity index (χ1n) is 7.68. The van der Waals surface area contributed by atoms with Crippen molar-refractivity contribution in [2.75, 3.05) is 0 Å². The summed E-state index contributed by atoms with van der Waals surface area (Å²) in [6, 6.07) is 17.9. The second kappa shape index (κ2) is 6.63. The first-order valence-corrected chi connectivity index (χ1v) is 7.68. The van der Waals surface area contributed by atoms with Gasteiger partial charge < -0.3 is 5.11 Å². The summed E-state index contributed by atoms with van der Waals surface area (Å²) in [6.07, 6.45) is 2.99. The normalized spacial score (nSPS) is 12.7. The van der Waals surface area contributed by atoms with Crippen LogP contribution in [0.1, 0.15) is 28.5 Å². The highest BCUT2D eigenvalue weighted by Crippen LogP contribution is 2.22. The summed E-state index contributed by atoms with van der Waals surface area (Å²) in [4.78, 5) is 0. The number of aliphatic hydroxyl groups is 1. The number of benzene rings is 2. The van der Waals surface area contributed by atoms with Gasteiger partial charge >= 0.3 is 0 Å². The van der Waals surface area contributed by atoms with Crippen LogP contribution >= 0.6 is 0 Å². The van der Waals surface area contributed by atoms with Gasteiger partial charge in [-0.1, -0.05) is 42.5 Å². The zero-order chi connectivity index (χ0) is 16.2. The molecule has 3 heteroatoms. The lowest BCUT2D eigenvalue weighted by Crippen LogP contribution is -1.91. The number of aromatic nitrogens is 2. The van der Waals surface area contributed by atoms with Crippen LogP contribution in [0.25, 0.3) is 17.3 Å². The van der Waals surface area contributed by atoms with Crippen LogP contribution in [0.3, 0.4) is 0 Å². The molecule has 1 heterocycles. The Kier molecular flexibility index (Phi) is 4.40. The highest BCUT2D eigenvalue weighted by molar-refractivity contribution is 5.64. The third-order valence-electron chi connectivity index (χ3n) is 4.00. The molecule has 0 aliphatic heterocycles. The molecule has 0 fully saturated rings. The minimum absolute atomic E-state index is 0.621. The Morgan fingerprint density at radius 2 is 1.78 bits per heavy atom. The first kappa shape index (κ1) is 15.3. The van der Waals surface area contributed by atoms with E-state index in [1.165, 1.54) is 11.1 Å². The van der Waals surface area contributed by atoms with Gasteiger partial charge in [-0.2, -0.15) is 5.10 Å². The van der Waals surface area contributed by atoms with E-state index in [2.05, 4.69) is 42.2 Å². The molecule has 0 bridgehead atoms. The van der Waals surface area contributed by atoms with Gasteiger partial charge in [0.2, 0.25) is 0 Å². The number of hydrogen-bond acceptors (Lipinski definition) is 2. The van der Waals surface area contributed by atoms with Crippen molar-refractivity contribution in [3.63, 3.8) is 0 Å². The molecule has 23 heavy (non-hydrogen) atoms. The van der Waals surface area contributed by atoms with Crippen LogP contribution in [0.2, 0.25) is 0 Å². The van der Waals surface area contributed by atoms with Crippen LogP contribution in [-0.4, -0.2) is 15.3 Å². The molecule has 0 saturated heterocycles. The van der Waals surface area contributed by atoms with Crippen molar-refractivity contribution in [1.29, 1.82) is 0 Å². The van der Waals surface area contributed by atoms with Crippen molar-refractivity contribution in [1.82, 2.24) is 10.2 Å². The lowest BCUT2D eigenvalue weighted by molar-refractivity contribution is 0.229. The molecule has 3 rings (SSSR count). The molecule has 0 radical (unpaired) electrons. The van der Waals surface area contributed by atoms with Gasteiger partial charge in [0, 0.05) is 5.56 Å². The number of aliphatic hydroxyl groups excluding tert-OH is 1. The third-order valence-corrected chi connectivity index (χ3v) is 4.00. The Morgan fingerprint density at radius 3 is 2.52 bits per heavy atom. The molecule has 3 nitrogen and oxygen atoms in total. The van der Waals surface area contributed by atoms with E-state index < -0.39 is 6.10 Å². The number of H-pyrrole nitrogens is 1. The zero-order valence-corrected chi connectivity index (χ0v) is 13.3. The molecule has 1 unspecified atom stereocenters. The lowest BCUT2D eigenvalue weighted by Gasteiger charge is -2.04. The number of nitrogens with zero attached hydrogens (tertiary/aromatic N) is 1. The van der Waals surface area contributed by atoms with E-state index in [0.717, 1.165) is 22.5 Å². The van der Waals surface area contributed by atoms with Crippen molar-refractivity contribution < 1.29 is 5.11 Å². The molecule has 2 N–H and O–H groups in total. The van der Waals surface area contributed by atoms with Gasteiger partial charge in [-0.15, -0.1) is 0 Å². The molecule has 0 aliphatic rings. The second-order valence-electron chi connectivity index (χ2n) is 5.72. The van der Waals surface area contributed by atoms with Crippen LogP contribution in [0, 0.1) is 13.8 Å². The van der Waals surface area contributed by atoms with E-state index in [1.807, 2.05) is 42.5 Å². The summed E-state index contributed by atoms with van der Waals surface area (Å²) in [6.45, 7) is 4.20. The molecular formula is C20H20N2O. The molecule has 1 aromatic heterocycles. The van der Waals surface area contributed by atoms with Crippen LogP contribution in [0.4, 0.5) is 0 Å². The van der Waals surface area contributed by atoms with Gasteiger partial charge in [0.05, 0.1) is 17.5 Å².